The van der Waals surface area contributed by atoms with Crippen LogP contribution in [0.15, 0.2) is 24.4 Å². The van der Waals surface area contributed by atoms with E-state index in [-0.39, 0.29) is 10.6 Å². The average molecular weight is 274 g/mol. The highest BCUT2D eigenvalue weighted by atomic mass is 16.6. The smallest absolute Gasteiger partial charge is 0.272 e. The Hall–Kier alpha value is -2.37. The van der Waals surface area contributed by atoms with Crippen LogP contribution in [0.3, 0.4) is 0 Å². The van der Waals surface area contributed by atoms with Gasteiger partial charge in [0.1, 0.15) is 0 Å². The lowest BCUT2D eigenvalue weighted by molar-refractivity contribution is -0.385. The van der Waals surface area contributed by atoms with E-state index >= 15 is 0 Å². The number of nitrogens with one attached hydrogen (secondary N) is 1. The molecule has 0 spiro atoms. The Morgan fingerprint density at radius 3 is 2.85 bits per heavy atom. The molecule has 0 aliphatic rings. The van der Waals surface area contributed by atoms with Crippen LogP contribution in [-0.4, -0.2) is 14.7 Å². The zero-order valence-corrected chi connectivity index (χ0v) is 11.9. The van der Waals surface area contributed by atoms with Gasteiger partial charge in [0, 0.05) is 31.4 Å². The summed E-state index contributed by atoms with van der Waals surface area (Å²) in [7, 11) is 1.88. The molecule has 1 heterocycles. The summed E-state index contributed by atoms with van der Waals surface area (Å²) in [6.45, 7) is 4.33. The van der Waals surface area contributed by atoms with E-state index in [4.69, 9.17) is 0 Å². The first kappa shape index (κ1) is 14.0. The van der Waals surface area contributed by atoms with E-state index in [1.54, 1.807) is 23.7 Å². The van der Waals surface area contributed by atoms with Gasteiger partial charge in [-0.1, -0.05) is 19.1 Å². The van der Waals surface area contributed by atoms with Crippen LogP contribution in [0.5, 0.6) is 0 Å². The molecular weight excluding hydrogens is 256 g/mol. The molecule has 6 heteroatoms. The third-order valence-electron chi connectivity index (χ3n) is 3.19. The molecule has 0 aliphatic heterocycles. The third-order valence-corrected chi connectivity index (χ3v) is 3.19. The fourth-order valence-electron chi connectivity index (χ4n) is 2.10. The maximum absolute atomic E-state index is 10.9. The number of anilines is 1. The first-order chi connectivity index (χ1) is 9.51. The van der Waals surface area contributed by atoms with Crippen molar-refractivity contribution >= 4 is 11.4 Å². The van der Waals surface area contributed by atoms with Crippen molar-refractivity contribution in [2.24, 2.45) is 7.05 Å². The van der Waals surface area contributed by atoms with E-state index in [2.05, 4.69) is 10.4 Å². The molecule has 0 saturated heterocycles. The number of hydrogen-bond acceptors (Lipinski definition) is 4. The molecule has 6 nitrogen and oxygen atoms in total. The second kappa shape index (κ2) is 5.73. The standard InChI is InChI=1S/C14H18N4O2/c1-4-12-13(9-17(3)16-12)15-8-11-6-5-10(2)14(7-11)18(19)20/h5-7,9,15H,4,8H2,1-3H3. The van der Waals surface area contributed by atoms with Crippen molar-refractivity contribution in [3.63, 3.8) is 0 Å². The molecule has 0 unspecified atom stereocenters. The van der Waals surface area contributed by atoms with Crippen LogP contribution in [0, 0.1) is 17.0 Å². The zero-order chi connectivity index (χ0) is 14.7. The maximum atomic E-state index is 10.9. The maximum Gasteiger partial charge on any atom is 0.272 e. The number of aromatic nitrogens is 2. The number of benzene rings is 1. The Balaban J connectivity index is 2.14. The Bertz CT molecular complexity index is 634. The Kier molecular flexibility index (Phi) is 4.02. The molecule has 1 N–H and O–H groups in total. The summed E-state index contributed by atoms with van der Waals surface area (Å²) in [5.41, 5.74) is 3.68. The van der Waals surface area contributed by atoms with Crippen molar-refractivity contribution < 1.29 is 4.92 Å². The average Bonchev–Trinajstić information content (AvgIpc) is 2.77. The lowest BCUT2D eigenvalue weighted by Gasteiger charge is -2.06. The minimum absolute atomic E-state index is 0.159. The first-order valence-corrected chi connectivity index (χ1v) is 6.51. The number of nitro benzene ring substituents is 1. The molecule has 0 bridgehead atoms. The predicted molar refractivity (Wildman–Crippen MR) is 77.7 cm³/mol. The molecule has 0 amide bonds. The predicted octanol–water partition coefficient (Wildman–Crippen LogP) is 2.81. The molecule has 2 rings (SSSR count). The van der Waals surface area contributed by atoms with Gasteiger partial charge in [-0.15, -0.1) is 0 Å². The topological polar surface area (TPSA) is 73.0 Å². The van der Waals surface area contributed by atoms with E-state index in [0.29, 0.717) is 12.1 Å². The molecule has 0 saturated carbocycles. The quantitative estimate of drug-likeness (QED) is 0.672. The van der Waals surface area contributed by atoms with E-state index in [9.17, 15) is 10.1 Å². The molecule has 106 valence electrons. The number of rotatable bonds is 5. The highest BCUT2D eigenvalue weighted by molar-refractivity contribution is 5.48. The molecule has 0 radical (unpaired) electrons. The molecule has 0 fully saturated rings. The van der Waals surface area contributed by atoms with Crippen LogP contribution in [-0.2, 0) is 20.0 Å². The first-order valence-electron chi connectivity index (χ1n) is 6.51. The molecular formula is C14H18N4O2. The number of nitrogens with zero attached hydrogens (tertiary/aromatic N) is 3. The van der Waals surface area contributed by atoms with Crippen LogP contribution >= 0.6 is 0 Å². The van der Waals surface area contributed by atoms with E-state index in [1.165, 1.54) is 0 Å². The van der Waals surface area contributed by atoms with Gasteiger partial charge in [0.2, 0.25) is 0 Å². The van der Waals surface area contributed by atoms with Crippen molar-refractivity contribution in [3.8, 4) is 0 Å². The second-order valence-electron chi connectivity index (χ2n) is 4.75. The third kappa shape index (κ3) is 2.96. The van der Waals surface area contributed by atoms with Gasteiger partial charge < -0.3 is 5.32 Å². The normalized spacial score (nSPS) is 10.6. The molecule has 0 atom stereocenters. The monoisotopic (exact) mass is 274 g/mol. The SMILES string of the molecule is CCc1nn(C)cc1NCc1ccc(C)c([N+](=O)[O-])c1. The van der Waals surface area contributed by atoms with Crippen LogP contribution in [0.25, 0.3) is 0 Å². The van der Waals surface area contributed by atoms with Crippen molar-refractivity contribution in [2.75, 3.05) is 5.32 Å². The van der Waals surface area contributed by atoms with Crippen molar-refractivity contribution in [1.29, 1.82) is 0 Å². The van der Waals surface area contributed by atoms with E-state index < -0.39 is 0 Å². The van der Waals surface area contributed by atoms with Gasteiger partial charge in [-0.3, -0.25) is 14.8 Å². The van der Waals surface area contributed by atoms with Crippen molar-refractivity contribution in [1.82, 2.24) is 9.78 Å². The molecule has 1 aromatic heterocycles. The molecule has 0 aliphatic carbocycles. The van der Waals surface area contributed by atoms with Gasteiger partial charge in [-0.2, -0.15) is 5.10 Å². The Labute approximate surface area is 117 Å². The summed E-state index contributed by atoms with van der Waals surface area (Å²) in [4.78, 5) is 10.6. The summed E-state index contributed by atoms with van der Waals surface area (Å²) in [5, 5.41) is 18.6. The molecule has 1 aromatic carbocycles. The zero-order valence-electron chi connectivity index (χ0n) is 11.9. The van der Waals surface area contributed by atoms with E-state index in [0.717, 1.165) is 23.4 Å². The largest absolute Gasteiger partial charge is 0.378 e. The van der Waals surface area contributed by atoms with Crippen LogP contribution in [0.2, 0.25) is 0 Å². The number of nitro groups is 1. The van der Waals surface area contributed by atoms with Crippen molar-refractivity contribution in [2.45, 2.75) is 26.8 Å². The van der Waals surface area contributed by atoms with Crippen LogP contribution < -0.4 is 5.32 Å². The lowest BCUT2D eigenvalue weighted by atomic mass is 10.1. The fourth-order valence-corrected chi connectivity index (χ4v) is 2.10. The highest BCUT2D eigenvalue weighted by Gasteiger charge is 2.11. The molecule has 20 heavy (non-hydrogen) atoms. The summed E-state index contributed by atoms with van der Waals surface area (Å²) in [5.74, 6) is 0. The number of aryl methyl sites for hydroxylation is 3. The minimum atomic E-state index is -0.347. The van der Waals surface area contributed by atoms with Gasteiger partial charge in [-0.25, -0.2) is 0 Å². The van der Waals surface area contributed by atoms with Gasteiger partial charge in [-0.05, 0) is 18.9 Å². The van der Waals surface area contributed by atoms with Crippen molar-refractivity contribution in [3.05, 3.63) is 51.3 Å². The van der Waals surface area contributed by atoms with Crippen LogP contribution in [0.1, 0.15) is 23.7 Å². The van der Waals surface area contributed by atoms with E-state index in [1.807, 2.05) is 26.2 Å². The summed E-state index contributed by atoms with van der Waals surface area (Å²) in [6, 6.07) is 5.29. The second-order valence-corrected chi connectivity index (χ2v) is 4.75. The minimum Gasteiger partial charge on any atom is -0.378 e. The van der Waals surface area contributed by atoms with Gasteiger partial charge >= 0.3 is 0 Å². The summed E-state index contributed by atoms with van der Waals surface area (Å²) < 4.78 is 1.76. The Morgan fingerprint density at radius 1 is 1.45 bits per heavy atom. The summed E-state index contributed by atoms with van der Waals surface area (Å²) >= 11 is 0. The van der Waals surface area contributed by atoms with Gasteiger partial charge in [0.05, 0.1) is 16.3 Å². The van der Waals surface area contributed by atoms with Gasteiger partial charge in [0.15, 0.2) is 0 Å². The summed E-state index contributed by atoms with van der Waals surface area (Å²) in [6.07, 6.45) is 2.76. The Morgan fingerprint density at radius 2 is 2.20 bits per heavy atom. The van der Waals surface area contributed by atoms with Gasteiger partial charge in [0.25, 0.3) is 5.69 Å². The lowest BCUT2D eigenvalue weighted by Crippen LogP contribution is -2.02. The highest BCUT2D eigenvalue weighted by Crippen LogP contribution is 2.21. The number of hydrogen-bond donors (Lipinski definition) is 1. The molecule has 2 aromatic rings. The fraction of sp³-hybridized carbons (Fsp3) is 0.357. The van der Waals surface area contributed by atoms with Crippen LogP contribution in [0.4, 0.5) is 11.4 Å².